The van der Waals surface area contributed by atoms with Crippen molar-refractivity contribution in [1.29, 1.82) is 0 Å². The van der Waals surface area contributed by atoms with E-state index in [1.54, 1.807) is 47.2 Å². The smallest absolute Gasteiger partial charge is 0.214 e. The summed E-state index contributed by atoms with van der Waals surface area (Å²) in [5.74, 6) is 3.02. The highest BCUT2D eigenvalue weighted by molar-refractivity contribution is 9.10. The molecule has 0 atom stereocenters. The van der Waals surface area contributed by atoms with Gasteiger partial charge >= 0.3 is 0 Å². The molecule has 0 spiro atoms. The zero-order chi connectivity index (χ0) is 40.9. The van der Waals surface area contributed by atoms with Crippen molar-refractivity contribution in [3.05, 3.63) is 149 Å². The SMILES string of the molecule is Brc1cncc2sc(-c3nn[nH]n3)cc12.Cc1cc(O)cc(C)c1-c1ccccc1.Cc1cc(Oc2cncc3sc(-c4nn[nH]n4)cc23)cc(C)c1-c1ccccc1. The number of aromatic amines is 2. The molecule has 15 heteroatoms. The van der Waals surface area contributed by atoms with Crippen molar-refractivity contribution in [2.24, 2.45) is 0 Å². The van der Waals surface area contributed by atoms with Crippen LogP contribution < -0.4 is 4.74 Å². The van der Waals surface area contributed by atoms with Crippen LogP contribution >= 0.6 is 38.6 Å². The van der Waals surface area contributed by atoms with Gasteiger partial charge in [0, 0.05) is 33.8 Å². The molecule has 0 amide bonds. The minimum Gasteiger partial charge on any atom is -0.508 e. The predicted molar refractivity (Wildman–Crippen MR) is 238 cm³/mol. The van der Waals surface area contributed by atoms with Crippen molar-refractivity contribution >= 4 is 58.8 Å². The second-order valence-corrected chi connectivity index (χ2v) is 16.5. The Hall–Kier alpha value is -6.68. The molecule has 0 saturated heterocycles. The number of ether oxygens (including phenoxy) is 1. The van der Waals surface area contributed by atoms with Crippen LogP contribution in [0.25, 0.3) is 63.8 Å². The normalized spacial score (nSPS) is 10.9. The van der Waals surface area contributed by atoms with Gasteiger partial charge in [-0.2, -0.15) is 10.4 Å². The monoisotopic (exact) mass is 878 g/mol. The van der Waals surface area contributed by atoms with Gasteiger partial charge in [-0.05, 0) is 135 Å². The first kappa shape index (κ1) is 39.2. The largest absolute Gasteiger partial charge is 0.508 e. The molecule has 59 heavy (non-hydrogen) atoms. The number of aromatic hydroxyl groups is 1. The second kappa shape index (κ2) is 17.4. The number of aromatic nitrogens is 10. The predicted octanol–water partition coefficient (Wildman–Crippen LogP) is 11.5. The van der Waals surface area contributed by atoms with Crippen molar-refractivity contribution in [2.75, 3.05) is 0 Å². The number of phenolic OH excluding ortho intramolecular Hbond substituents is 1. The molecule has 0 radical (unpaired) electrons. The van der Waals surface area contributed by atoms with E-state index in [9.17, 15) is 5.11 Å². The van der Waals surface area contributed by atoms with E-state index < -0.39 is 0 Å². The summed E-state index contributed by atoms with van der Waals surface area (Å²) in [6.45, 7) is 8.27. The molecule has 10 rings (SSSR count). The third-order valence-corrected chi connectivity index (χ3v) is 12.1. The third kappa shape index (κ3) is 8.77. The van der Waals surface area contributed by atoms with Gasteiger partial charge in [0.15, 0.2) is 5.75 Å². The van der Waals surface area contributed by atoms with E-state index in [0.29, 0.717) is 23.1 Å². The molecule has 10 aromatic rings. The lowest BCUT2D eigenvalue weighted by Crippen LogP contribution is -1.92. The lowest BCUT2D eigenvalue weighted by atomic mass is 9.95. The van der Waals surface area contributed by atoms with E-state index in [0.717, 1.165) is 51.3 Å². The van der Waals surface area contributed by atoms with Gasteiger partial charge in [0.1, 0.15) is 11.5 Å². The number of hydrogen-bond acceptors (Lipinski definition) is 12. The maximum atomic E-state index is 9.47. The molecule has 0 saturated carbocycles. The molecule has 4 aromatic carbocycles. The first-order valence-corrected chi connectivity index (χ1v) is 20.7. The molecule has 0 unspecified atom stereocenters. The van der Waals surface area contributed by atoms with E-state index in [2.05, 4.69) is 130 Å². The van der Waals surface area contributed by atoms with Crippen LogP contribution in [-0.2, 0) is 0 Å². The molecular formula is C44H35BrN10O2S2. The summed E-state index contributed by atoms with van der Waals surface area (Å²) in [5.41, 5.74) is 9.43. The number of halogens is 1. The number of phenols is 1. The van der Waals surface area contributed by atoms with Crippen molar-refractivity contribution in [3.8, 4) is 60.9 Å². The molecule has 12 nitrogen and oxygen atoms in total. The Kier molecular flexibility index (Phi) is 11.6. The zero-order valence-corrected chi connectivity index (χ0v) is 35.4. The number of H-pyrrole nitrogens is 2. The van der Waals surface area contributed by atoms with Crippen LogP contribution in [0.1, 0.15) is 22.3 Å². The average Bonchev–Trinajstić information content (AvgIpc) is 4.06. The number of tetrazole rings is 2. The Bertz CT molecular complexity index is 2950. The Morgan fingerprint density at radius 2 is 1.05 bits per heavy atom. The number of nitrogens with zero attached hydrogens (tertiary/aromatic N) is 8. The maximum absolute atomic E-state index is 9.47. The van der Waals surface area contributed by atoms with Gasteiger partial charge in [-0.25, -0.2) is 0 Å². The van der Waals surface area contributed by atoms with Gasteiger partial charge in [0.2, 0.25) is 11.6 Å². The number of thiophene rings is 2. The van der Waals surface area contributed by atoms with Gasteiger partial charge in [-0.15, -0.1) is 43.1 Å². The van der Waals surface area contributed by atoms with Crippen LogP contribution in [0.15, 0.2) is 126 Å². The molecule has 0 bridgehead atoms. The second-order valence-electron chi connectivity index (χ2n) is 13.5. The summed E-state index contributed by atoms with van der Waals surface area (Å²) in [7, 11) is 0. The van der Waals surface area contributed by atoms with Crippen molar-refractivity contribution in [3.63, 3.8) is 0 Å². The number of fused-ring (bicyclic) bond motifs is 2. The lowest BCUT2D eigenvalue weighted by Gasteiger charge is -2.14. The molecule has 0 aliphatic carbocycles. The number of nitrogens with one attached hydrogen (secondary N) is 2. The first-order chi connectivity index (χ1) is 28.7. The molecule has 0 fully saturated rings. The zero-order valence-electron chi connectivity index (χ0n) is 32.2. The van der Waals surface area contributed by atoms with Gasteiger partial charge in [0.05, 0.1) is 25.4 Å². The lowest BCUT2D eigenvalue weighted by molar-refractivity contribution is 0.474. The van der Waals surface area contributed by atoms with Crippen molar-refractivity contribution in [2.45, 2.75) is 27.7 Å². The Labute approximate surface area is 355 Å². The summed E-state index contributed by atoms with van der Waals surface area (Å²) >= 11 is 6.60. The van der Waals surface area contributed by atoms with E-state index in [1.165, 1.54) is 33.4 Å². The fourth-order valence-electron chi connectivity index (χ4n) is 6.87. The van der Waals surface area contributed by atoms with Crippen LogP contribution in [0.3, 0.4) is 0 Å². The van der Waals surface area contributed by atoms with Crippen LogP contribution in [0.5, 0.6) is 17.2 Å². The van der Waals surface area contributed by atoms with Crippen molar-refractivity contribution in [1.82, 2.24) is 51.2 Å². The van der Waals surface area contributed by atoms with Crippen LogP contribution in [0.2, 0.25) is 0 Å². The maximum Gasteiger partial charge on any atom is 0.214 e. The molecular weight excluding hydrogens is 845 g/mol. The number of rotatable bonds is 6. The number of pyridine rings is 2. The number of benzene rings is 4. The fourth-order valence-corrected chi connectivity index (χ4v) is 9.40. The van der Waals surface area contributed by atoms with E-state index in [4.69, 9.17) is 4.74 Å². The minimum absolute atomic E-state index is 0.338. The van der Waals surface area contributed by atoms with Crippen molar-refractivity contribution < 1.29 is 9.84 Å². The number of hydrogen-bond donors (Lipinski definition) is 3. The summed E-state index contributed by atoms with van der Waals surface area (Å²) < 4.78 is 9.34. The summed E-state index contributed by atoms with van der Waals surface area (Å²) in [6, 6.07) is 32.4. The minimum atomic E-state index is 0.338. The standard InChI is InChI=1S/C22H17N5OS.C14H14O.C8H4BrN5S/c1-13-8-16(9-14(2)21(13)15-6-4-3-5-7-15)28-18-11-23-12-20-17(18)10-19(29-20)22-24-26-27-25-22;1-10-8-13(15)9-11(2)14(10)12-6-4-3-5-7-12;9-5-2-10-3-7-4(5)1-6(15-7)8-11-13-14-12-8/h3-12H,1-2H3,(H,24,25,26,27);3-9,15H,1-2H3;1-3H,(H,11,12,13,14). The van der Waals surface area contributed by atoms with Gasteiger partial charge in [-0.3, -0.25) is 9.97 Å². The first-order valence-electron chi connectivity index (χ1n) is 18.3. The molecule has 0 aliphatic rings. The molecule has 0 aliphatic heterocycles. The van der Waals surface area contributed by atoms with Gasteiger partial charge in [-0.1, -0.05) is 60.7 Å². The summed E-state index contributed by atoms with van der Waals surface area (Å²) in [5, 5.41) is 39.7. The average molecular weight is 880 g/mol. The summed E-state index contributed by atoms with van der Waals surface area (Å²) in [4.78, 5) is 10.3. The van der Waals surface area contributed by atoms with Gasteiger partial charge in [0.25, 0.3) is 0 Å². The third-order valence-electron chi connectivity index (χ3n) is 9.32. The fraction of sp³-hybridized carbons (Fsp3) is 0.0909. The molecule has 6 aromatic heterocycles. The Morgan fingerprint density at radius 3 is 1.54 bits per heavy atom. The number of aryl methyl sites for hydroxylation is 4. The molecule has 292 valence electrons. The quantitative estimate of drug-likeness (QED) is 0.146. The topological polar surface area (TPSA) is 164 Å². The Balaban J connectivity index is 0.000000136. The van der Waals surface area contributed by atoms with E-state index in [-0.39, 0.29) is 0 Å². The molecule has 6 heterocycles. The van der Waals surface area contributed by atoms with E-state index in [1.807, 2.05) is 62.6 Å². The highest BCUT2D eigenvalue weighted by atomic mass is 79.9. The highest BCUT2D eigenvalue weighted by Crippen LogP contribution is 2.39. The highest BCUT2D eigenvalue weighted by Gasteiger charge is 2.15. The van der Waals surface area contributed by atoms with Gasteiger partial charge < -0.3 is 9.84 Å². The van der Waals surface area contributed by atoms with Crippen LogP contribution in [-0.4, -0.2) is 56.3 Å². The Morgan fingerprint density at radius 1 is 0.576 bits per heavy atom. The van der Waals surface area contributed by atoms with Crippen LogP contribution in [0.4, 0.5) is 0 Å². The summed E-state index contributed by atoms with van der Waals surface area (Å²) in [6.07, 6.45) is 7.17. The molecule has 3 N–H and O–H groups in total. The van der Waals surface area contributed by atoms with E-state index >= 15 is 0 Å². The van der Waals surface area contributed by atoms with Crippen LogP contribution in [0, 0.1) is 27.7 Å².